The average Bonchev–Trinajstić information content (AvgIpc) is 2.69. The fourth-order valence-electron chi connectivity index (χ4n) is 1.94. The van der Waals surface area contributed by atoms with Crippen LogP contribution in [0.3, 0.4) is 0 Å². The topological polar surface area (TPSA) is 33.5 Å². The molecule has 0 aromatic carbocycles. The number of rotatable bonds is 1. The minimum absolute atomic E-state index is 0.102. The highest BCUT2D eigenvalue weighted by Crippen LogP contribution is 2.17. The van der Waals surface area contributed by atoms with Crippen LogP contribution in [0.5, 0.6) is 0 Å². The number of amides is 1. The maximum atomic E-state index is 11.9. The molecule has 14 heavy (non-hydrogen) atoms. The average molecular weight is 193 g/mol. The van der Waals surface area contributed by atoms with Crippen molar-refractivity contribution >= 4 is 5.91 Å². The third kappa shape index (κ3) is 1.81. The number of hydrogen-bond donors (Lipinski definition) is 0. The monoisotopic (exact) mass is 193 g/mol. The molecule has 1 fully saturated rings. The summed E-state index contributed by atoms with van der Waals surface area (Å²) in [6, 6.07) is 1.72. The second kappa shape index (κ2) is 3.86. The second-order valence-corrected chi connectivity index (χ2v) is 4.01. The Balaban J connectivity index is 2.04. The van der Waals surface area contributed by atoms with E-state index in [0.29, 0.717) is 11.5 Å². The van der Waals surface area contributed by atoms with Crippen LogP contribution in [0.4, 0.5) is 0 Å². The van der Waals surface area contributed by atoms with E-state index in [2.05, 4.69) is 6.92 Å². The number of nitrogens with zero attached hydrogens (tertiary/aromatic N) is 1. The molecular formula is C11H15NO2. The lowest BCUT2D eigenvalue weighted by atomic mass is 10.00. The summed E-state index contributed by atoms with van der Waals surface area (Å²) in [4.78, 5) is 13.8. The highest BCUT2D eigenvalue weighted by molar-refractivity contribution is 5.93. The molecule has 3 heteroatoms. The van der Waals surface area contributed by atoms with Gasteiger partial charge in [0.2, 0.25) is 0 Å². The van der Waals surface area contributed by atoms with Gasteiger partial charge in [-0.2, -0.15) is 0 Å². The largest absolute Gasteiger partial charge is 0.472 e. The summed E-state index contributed by atoms with van der Waals surface area (Å²) in [6.45, 7) is 3.95. The van der Waals surface area contributed by atoms with E-state index >= 15 is 0 Å². The highest BCUT2D eigenvalue weighted by Gasteiger charge is 2.22. The number of furan rings is 1. The molecule has 76 valence electrons. The van der Waals surface area contributed by atoms with E-state index < -0.39 is 0 Å². The van der Waals surface area contributed by atoms with Crippen LogP contribution in [0.15, 0.2) is 23.0 Å². The van der Waals surface area contributed by atoms with Gasteiger partial charge >= 0.3 is 0 Å². The Bertz CT molecular complexity index is 305. The number of likely N-dealkylation sites (tertiary alicyclic amines) is 1. The van der Waals surface area contributed by atoms with Crippen molar-refractivity contribution in [2.45, 2.75) is 19.8 Å². The maximum Gasteiger partial charge on any atom is 0.257 e. The molecule has 1 saturated heterocycles. The Morgan fingerprint density at radius 1 is 1.64 bits per heavy atom. The van der Waals surface area contributed by atoms with Crippen molar-refractivity contribution in [1.29, 1.82) is 0 Å². The Hall–Kier alpha value is -1.25. The quantitative estimate of drug-likeness (QED) is 0.684. The van der Waals surface area contributed by atoms with Gasteiger partial charge in [0.25, 0.3) is 5.91 Å². The summed E-state index contributed by atoms with van der Waals surface area (Å²) in [5.41, 5.74) is 0.666. The lowest BCUT2D eigenvalue weighted by molar-refractivity contribution is 0.0682. The van der Waals surface area contributed by atoms with Gasteiger partial charge in [-0.05, 0) is 24.8 Å². The molecule has 2 heterocycles. The van der Waals surface area contributed by atoms with Gasteiger partial charge in [0.05, 0.1) is 11.8 Å². The van der Waals surface area contributed by atoms with Crippen molar-refractivity contribution in [2.24, 2.45) is 5.92 Å². The third-order valence-corrected chi connectivity index (χ3v) is 2.71. The second-order valence-electron chi connectivity index (χ2n) is 4.01. The maximum absolute atomic E-state index is 11.9. The molecule has 0 bridgehead atoms. The van der Waals surface area contributed by atoms with Crippen LogP contribution in [0, 0.1) is 5.92 Å². The molecule has 0 radical (unpaired) electrons. The molecule has 1 aromatic rings. The molecule has 0 spiro atoms. The predicted molar refractivity (Wildman–Crippen MR) is 53.0 cm³/mol. The third-order valence-electron chi connectivity index (χ3n) is 2.71. The van der Waals surface area contributed by atoms with Crippen molar-refractivity contribution in [2.75, 3.05) is 13.1 Å². The van der Waals surface area contributed by atoms with Crippen molar-refractivity contribution in [1.82, 2.24) is 4.90 Å². The number of hydrogen-bond acceptors (Lipinski definition) is 2. The molecule has 1 aliphatic heterocycles. The molecule has 0 saturated carbocycles. The Morgan fingerprint density at radius 3 is 3.14 bits per heavy atom. The number of piperidine rings is 1. The molecule has 0 unspecified atom stereocenters. The molecule has 1 aromatic heterocycles. The van der Waals surface area contributed by atoms with E-state index in [1.54, 1.807) is 12.3 Å². The lowest BCUT2D eigenvalue weighted by Gasteiger charge is -2.30. The molecule has 3 nitrogen and oxygen atoms in total. The summed E-state index contributed by atoms with van der Waals surface area (Å²) >= 11 is 0. The summed E-state index contributed by atoms with van der Waals surface area (Å²) in [5, 5.41) is 0. The standard InChI is InChI=1S/C11H15NO2/c1-9-3-2-5-12(7-9)11(13)10-4-6-14-8-10/h4,6,8-9H,2-3,5,7H2,1H3/t9-/m1/s1. The van der Waals surface area contributed by atoms with Gasteiger partial charge in [0.1, 0.15) is 6.26 Å². The summed E-state index contributed by atoms with van der Waals surface area (Å²) in [6.07, 6.45) is 5.40. The van der Waals surface area contributed by atoms with E-state index in [-0.39, 0.29) is 5.91 Å². The Morgan fingerprint density at radius 2 is 2.50 bits per heavy atom. The molecule has 1 aliphatic rings. The van der Waals surface area contributed by atoms with E-state index in [1.807, 2.05) is 4.90 Å². The minimum atomic E-state index is 0.102. The summed E-state index contributed by atoms with van der Waals surface area (Å²) in [7, 11) is 0. The van der Waals surface area contributed by atoms with Crippen molar-refractivity contribution < 1.29 is 9.21 Å². The van der Waals surface area contributed by atoms with Gasteiger partial charge in [0.15, 0.2) is 0 Å². The van der Waals surface area contributed by atoms with Crippen molar-refractivity contribution in [3.05, 3.63) is 24.2 Å². The molecule has 0 aliphatic carbocycles. The predicted octanol–water partition coefficient (Wildman–Crippen LogP) is 2.15. The first kappa shape index (κ1) is 9.31. The van der Waals surface area contributed by atoms with Gasteiger partial charge < -0.3 is 9.32 Å². The van der Waals surface area contributed by atoms with Crippen molar-refractivity contribution in [3.63, 3.8) is 0 Å². The SMILES string of the molecule is C[C@@H]1CCCN(C(=O)c2ccoc2)C1. The molecular weight excluding hydrogens is 178 g/mol. The van der Waals surface area contributed by atoms with Gasteiger partial charge in [-0.25, -0.2) is 0 Å². The van der Waals surface area contributed by atoms with Gasteiger partial charge in [-0.3, -0.25) is 4.79 Å². The lowest BCUT2D eigenvalue weighted by Crippen LogP contribution is -2.38. The van der Waals surface area contributed by atoms with Gasteiger partial charge in [-0.15, -0.1) is 0 Å². The van der Waals surface area contributed by atoms with Gasteiger partial charge in [0, 0.05) is 13.1 Å². The van der Waals surface area contributed by atoms with Gasteiger partial charge in [-0.1, -0.05) is 6.92 Å². The summed E-state index contributed by atoms with van der Waals surface area (Å²) in [5.74, 6) is 0.727. The van der Waals surface area contributed by atoms with Crippen LogP contribution >= 0.6 is 0 Å². The fourth-order valence-corrected chi connectivity index (χ4v) is 1.94. The first-order valence-electron chi connectivity index (χ1n) is 5.09. The smallest absolute Gasteiger partial charge is 0.257 e. The first-order chi connectivity index (χ1) is 6.77. The molecule has 1 atom stereocenters. The fraction of sp³-hybridized carbons (Fsp3) is 0.545. The van der Waals surface area contributed by atoms with Crippen LogP contribution in [0.2, 0.25) is 0 Å². The summed E-state index contributed by atoms with van der Waals surface area (Å²) < 4.78 is 4.91. The van der Waals surface area contributed by atoms with Crippen LogP contribution < -0.4 is 0 Å². The van der Waals surface area contributed by atoms with E-state index in [9.17, 15) is 4.79 Å². The van der Waals surface area contributed by atoms with E-state index in [0.717, 1.165) is 19.5 Å². The zero-order valence-corrected chi connectivity index (χ0v) is 8.40. The number of carbonyl (C=O) groups is 1. The molecule has 1 amide bonds. The van der Waals surface area contributed by atoms with Crippen LogP contribution in [-0.4, -0.2) is 23.9 Å². The van der Waals surface area contributed by atoms with Crippen LogP contribution in [0.25, 0.3) is 0 Å². The zero-order valence-electron chi connectivity index (χ0n) is 8.40. The van der Waals surface area contributed by atoms with E-state index in [4.69, 9.17) is 4.42 Å². The molecule has 0 N–H and O–H groups in total. The Labute approximate surface area is 83.7 Å². The normalized spacial score (nSPS) is 22.4. The van der Waals surface area contributed by atoms with E-state index in [1.165, 1.54) is 12.7 Å². The minimum Gasteiger partial charge on any atom is -0.472 e. The van der Waals surface area contributed by atoms with Crippen LogP contribution in [-0.2, 0) is 0 Å². The van der Waals surface area contributed by atoms with Crippen LogP contribution in [0.1, 0.15) is 30.1 Å². The van der Waals surface area contributed by atoms with Crippen molar-refractivity contribution in [3.8, 4) is 0 Å². The molecule has 2 rings (SSSR count). The zero-order chi connectivity index (χ0) is 9.97. The Kier molecular flexibility index (Phi) is 2.57. The highest BCUT2D eigenvalue weighted by atomic mass is 16.3. The first-order valence-corrected chi connectivity index (χ1v) is 5.09. The number of carbonyl (C=O) groups excluding carboxylic acids is 1.